The summed E-state index contributed by atoms with van der Waals surface area (Å²) < 4.78 is 26.8. The van der Waals surface area contributed by atoms with E-state index >= 15 is 0 Å². The summed E-state index contributed by atoms with van der Waals surface area (Å²) in [4.78, 5) is 1.46. The van der Waals surface area contributed by atoms with Crippen LogP contribution in [0.4, 0.5) is 0 Å². The van der Waals surface area contributed by atoms with Crippen LogP contribution < -0.4 is 5.32 Å². The third-order valence-corrected chi connectivity index (χ3v) is 6.17. The summed E-state index contributed by atoms with van der Waals surface area (Å²) in [5, 5.41) is 5.04. The molecule has 0 aliphatic heterocycles. The number of rotatable bonds is 8. The van der Waals surface area contributed by atoms with Crippen LogP contribution in [0.2, 0.25) is 0 Å². The second kappa shape index (κ2) is 6.39. The molecule has 20 heavy (non-hydrogen) atoms. The van der Waals surface area contributed by atoms with E-state index in [2.05, 4.69) is 25.7 Å². The molecule has 0 atom stereocenters. The van der Waals surface area contributed by atoms with Gasteiger partial charge in [-0.15, -0.1) is 17.9 Å². The molecule has 1 heterocycles. The number of nitrogens with zero attached hydrogens (tertiary/aromatic N) is 1. The summed E-state index contributed by atoms with van der Waals surface area (Å²) in [5.41, 5.74) is 0. The lowest BCUT2D eigenvalue weighted by Crippen LogP contribution is -2.33. The first kappa shape index (κ1) is 15.7. The van der Waals surface area contributed by atoms with Gasteiger partial charge in [0.2, 0.25) is 10.0 Å². The number of sulfonamides is 1. The maximum Gasteiger partial charge on any atom is 0.244 e. The highest BCUT2D eigenvalue weighted by molar-refractivity contribution is 7.89. The van der Waals surface area contributed by atoms with Crippen molar-refractivity contribution < 1.29 is 8.42 Å². The van der Waals surface area contributed by atoms with Crippen molar-refractivity contribution in [2.45, 2.75) is 50.2 Å². The predicted octanol–water partition coefficient (Wildman–Crippen LogP) is 2.59. The molecule has 0 spiro atoms. The Labute approximate surface area is 125 Å². The second-order valence-corrected chi connectivity index (χ2v) is 8.27. The van der Waals surface area contributed by atoms with Crippen LogP contribution in [-0.2, 0) is 16.6 Å². The molecule has 0 bridgehead atoms. The maximum absolute atomic E-state index is 12.6. The van der Waals surface area contributed by atoms with Crippen LogP contribution in [0.15, 0.2) is 29.0 Å². The fraction of sp³-hybridized carbons (Fsp3) is 0.571. The summed E-state index contributed by atoms with van der Waals surface area (Å²) in [6.07, 6.45) is 3.57. The largest absolute Gasteiger partial charge is 0.310 e. The van der Waals surface area contributed by atoms with Crippen LogP contribution >= 0.6 is 11.3 Å². The molecule has 2 rings (SSSR count). The fourth-order valence-corrected chi connectivity index (χ4v) is 4.83. The quantitative estimate of drug-likeness (QED) is 0.750. The molecule has 4 nitrogen and oxygen atoms in total. The van der Waals surface area contributed by atoms with Crippen LogP contribution in [0.5, 0.6) is 0 Å². The van der Waals surface area contributed by atoms with Crippen LogP contribution in [0.1, 0.15) is 31.6 Å². The third-order valence-electron chi connectivity index (χ3n) is 3.18. The minimum atomic E-state index is -3.37. The maximum atomic E-state index is 12.6. The van der Waals surface area contributed by atoms with E-state index in [1.54, 1.807) is 21.8 Å². The molecule has 0 radical (unpaired) electrons. The lowest BCUT2D eigenvalue weighted by molar-refractivity contribution is 0.436. The van der Waals surface area contributed by atoms with Gasteiger partial charge in [0.15, 0.2) is 0 Å². The molecule has 0 saturated heterocycles. The van der Waals surface area contributed by atoms with Gasteiger partial charge in [0.1, 0.15) is 0 Å². The minimum Gasteiger partial charge on any atom is -0.310 e. The first-order chi connectivity index (χ1) is 9.45. The predicted molar refractivity (Wildman–Crippen MR) is 83.4 cm³/mol. The van der Waals surface area contributed by atoms with Gasteiger partial charge in [-0.1, -0.05) is 19.9 Å². The van der Waals surface area contributed by atoms with Crippen LogP contribution in [0.25, 0.3) is 0 Å². The van der Waals surface area contributed by atoms with E-state index in [1.165, 1.54) is 11.3 Å². The first-order valence-corrected chi connectivity index (χ1v) is 9.20. The molecule has 1 aromatic rings. The monoisotopic (exact) mass is 314 g/mol. The first-order valence-electron chi connectivity index (χ1n) is 6.88. The van der Waals surface area contributed by atoms with Crippen molar-refractivity contribution in [2.75, 3.05) is 6.54 Å². The van der Waals surface area contributed by atoms with E-state index < -0.39 is 10.0 Å². The van der Waals surface area contributed by atoms with Gasteiger partial charge in [-0.25, -0.2) is 8.42 Å². The summed E-state index contributed by atoms with van der Waals surface area (Å²) in [6, 6.07) is 2.34. The van der Waals surface area contributed by atoms with Gasteiger partial charge >= 0.3 is 0 Å². The van der Waals surface area contributed by atoms with Gasteiger partial charge in [0.05, 0.1) is 4.90 Å². The Balaban J connectivity index is 2.14. The van der Waals surface area contributed by atoms with Crippen LogP contribution in [0.3, 0.4) is 0 Å². The van der Waals surface area contributed by atoms with E-state index in [0.29, 0.717) is 24.0 Å². The van der Waals surface area contributed by atoms with E-state index in [0.717, 1.165) is 17.7 Å². The molecule has 1 aromatic heterocycles. The van der Waals surface area contributed by atoms with Gasteiger partial charge in [-0.05, 0) is 18.9 Å². The zero-order chi connectivity index (χ0) is 14.8. The van der Waals surface area contributed by atoms with Gasteiger partial charge < -0.3 is 5.32 Å². The van der Waals surface area contributed by atoms with Crippen molar-refractivity contribution in [3.63, 3.8) is 0 Å². The van der Waals surface area contributed by atoms with Gasteiger partial charge in [-0.3, -0.25) is 0 Å². The highest BCUT2D eigenvalue weighted by Gasteiger charge is 2.37. The molecule has 1 N–H and O–H groups in total. The van der Waals surface area contributed by atoms with Crippen molar-refractivity contribution >= 4 is 21.4 Å². The SMILES string of the molecule is C=CCN(C1CC1)S(=O)(=O)c1csc(CNC(C)C)c1. The van der Waals surface area contributed by atoms with Crippen molar-refractivity contribution in [1.82, 2.24) is 9.62 Å². The average molecular weight is 314 g/mol. The molecule has 0 amide bonds. The van der Waals surface area contributed by atoms with Crippen molar-refractivity contribution in [1.29, 1.82) is 0 Å². The van der Waals surface area contributed by atoms with Crippen molar-refractivity contribution in [2.24, 2.45) is 0 Å². The Bertz CT molecular complexity index is 559. The van der Waals surface area contributed by atoms with Crippen molar-refractivity contribution in [3.8, 4) is 0 Å². The van der Waals surface area contributed by atoms with Crippen LogP contribution in [-0.4, -0.2) is 31.4 Å². The lowest BCUT2D eigenvalue weighted by Gasteiger charge is -2.19. The Hall–Kier alpha value is -0.690. The van der Waals surface area contributed by atoms with E-state index in [1.807, 2.05) is 0 Å². The molecule has 1 aliphatic carbocycles. The van der Waals surface area contributed by atoms with E-state index in [4.69, 9.17) is 0 Å². The standard InChI is InChI=1S/C14H22N2O2S2/c1-4-7-16(12-5-6-12)20(17,18)14-8-13(19-10-14)9-15-11(2)3/h4,8,10-12,15H,1,5-7,9H2,2-3H3. The van der Waals surface area contributed by atoms with E-state index in [9.17, 15) is 8.42 Å². The normalized spacial score (nSPS) is 16.0. The fourth-order valence-electron chi connectivity index (χ4n) is 1.96. The summed E-state index contributed by atoms with van der Waals surface area (Å²) in [5.74, 6) is 0. The zero-order valence-corrected chi connectivity index (χ0v) is 13.6. The highest BCUT2D eigenvalue weighted by atomic mass is 32.2. The average Bonchev–Trinajstić information content (AvgIpc) is 3.09. The van der Waals surface area contributed by atoms with Crippen molar-refractivity contribution in [3.05, 3.63) is 29.0 Å². The van der Waals surface area contributed by atoms with E-state index in [-0.39, 0.29) is 6.04 Å². The molecule has 1 saturated carbocycles. The second-order valence-electron chi connectivity index (χ2n) is 5.38. The summed E-state index contributed by atoms with van der Waals surface area (Å²) in [7, 11) is -3.37. The molecular weight excluding hydrogens is 292 g/mol. The Morgan fingerprint density at radius 2 is 2.25 bits per heavy atom. The summed E-state index contributed by atoms with van der Waals surface area (Å²) >= 11 is 1.49. The smallest absolute Gasteiger partial charge is 0.244 e. The number of hydrogen-bond donors (Lipinski definition) is 1. The molecule has 0 unspecified atom stereocenters. The van der Waals surface area contributed by atoms with Gasteiger partial charge in [0.25, 0.3) is 0 Å². The Kier molecular flexibility index (Phi) is 5.01. The summed E-state index contributed by atoms with van der Waals surface area (Å²) in [6.45, 7) is 8.91. The Morgan fingerprint density at radius 1 is 1.55 bits per heavy atom. The Morgan fingerprint density at radius 3 is 2.80 bits per heavy atom. The molecule has 0 aromatic carbocycles. The molecule has 6 heteroatoms. The minimum absolute atomic E-state index is 0.162. The number of hydrogen-bond acceptors (Lipinski definition) is 4. The zero-order valence-electron chi connectivity index (χ0n) is 12.0. The van der Waals surface area contributed by atoms with Gasteiger partial charge in [-0.2, -0.15) is 4.31 Å². The molecular formula is C14H22N2O2S2. The third kappa shape index (κ3) is 3.69. The molecule has 112 valence electrons. The highest BCUT2D eigenvalue weighted by Crippen LogP contribution is 2.33. The van der Waals surface area contributed by atoms with Gasteiger partial charge in [0, 0.05) is 35.4 Å². The number of thiophene rings is 1. The number of nitrogens with one attached hydrogen (secondary N) is 1. The molecule has 1 fully saturated rings. The molecule has 1 aliphatic rings. The lowest BCUT2D eigenvalue weighted by atomic mass is 10.4. The van der Waals surface area contributed by atoms with Crippen LogP contribution in [0, 0.1) is 0 Å². The topological polar surface area (TPSA) is 49.4 Å².